The van der Waals surface area contributed by atoms with E-state index in [1.54, 1.807) is 0 Å². The standard InChI is InChI=1S/C9H15/c1-7-4-3-5-9(2)6-8(7)9/h7H,3-6H2,1-2H3. The van der Waals surface area contributed by atoms with Crippen LogP contribution < -0.4 is 0 Å². The van der Waals surface area contributed by atoms with Gasteiger partial charge in [0.25, 0.3) is 0 Å². The fourth-order valence-electron chi connectivity index (χ4n) is 2.37. The Kier molecular flexibility index (Phi) is 0.980. The van der Waals surface area contributed by atoms with Crippen LogP contribution >= 0.6 is 0 Å². The second-order valence-corrected chi connectivity index (χ2v) is 4.06. The zero-order valence-electron chi connectivity index (χ0n) is 6.41. The van der Waals surface area contributed by atoms with Crippen LogP contribution in [-0.2, 0) is 0 Å². The van der Waals surface area contributed by atoms with E-state index >= 15 is 0 Å². The molecule has 9 heavy (non-hydrogen) atoms. The lowest BCUT2D eigenvalue weighted by atomic mass is 9.84. The average molecular weight is 123 g/mol. The summed E-state index contributed by atoms with van der Waals surface area (Å²) in [5.74, 6) is 2.83. The van der Waals surface area contributed by atoms with Crippen molar-refractivity contribution in [2.75, 3.05) is 0 Å². The molecule has 0 aromatic rings. The first-order chi connectivity index (χ1) is 4.22. The summed E-state index contributed by atoms with van der Waals surface area (Å²) in [6.07, 6.45) is 5.87. The van der Waals surface area contributed by atoms with Crippen molar-refractivity contribution in [2.24, 2.45) is 11.3 Å². The second kappa shape index (κ2) is 1.53. The molecule has 2 saturated carbocycles. The smallest absolute Gasteiger partial charge is 0.0148 e. The maximum Gasteiger partial charge on any atom is -0.0148 e. The number of hydrogen-bond acceptors (Lipinski definition) is 0. The van der Waals surface area contributed by atoms with Crippen molar-refractivity contribution in [3.8, 4) is 0 Å². The number of fused-ring (bicyclic) bond motifs is 1. The van der Waals surface area contributed by atoms with Gasteiger partial charge in [-0.05, 0) is 30.1 Å². The maximum atomic E-state index is 2.43. The van der Waals surface area contributed by atoms with Crippen LogP contribution in [0.3, 0.4) is 0 Å². The lowest BCUT2D eigenvalue weighted by molar-refractivity contribution is 0.382. The van der Waals surface area contributed by atoms with Crippen molar-refractivity contribution < 1.29 is 0 Å². The maximum absolute atomic E-state index is 2.43. The fraction of sp³-hybridized carbons (Fsp3) is 0.889. The lowest BCUT2D eigenvalue weighted by Gasteiger charge is -2.21. The van der Waals surface area contributed by atoms with Crippen molar-refractivity contribution in [1.82, 2.24) is 0 Å². The van der Waals surface area contributed by atoms with Gasteiger partial charge >= 0.3 is 0 Å². The molecule has 0 aliphatic heterocycles. The van der Waals surface area contributed by atoms with Gasteiger partial charge in [-0.1, -0.05) is 26.7 Å². The number of rotatable bonds is 0. The van der Waals surface area contributed by atoms with E-state index in [0.717, 1.165) is 11.3 Å². The Morgan fingerprint density at radius 3 is 2.89 bits per heavy atom. The van der Waals surface area contributed by atoms with E-state index in [0.29, 0.717) is 0 Å². The minimum absolute atomic E-state index is 0.734. The molecule has 0 aromatic carbocycles. The highest BCUT2D eigenvalue weighted by molar-refractivity contribution is 5.26. The minimum Gasteiger partial charge on any atom is -0.0619 e. The van der Waals surface area contributed by atoms with Crippen molar-refractivity contribution in [3.05, 3.63) is 5.92 Å². The van der Waals surface area contributed by atoms with E-state index in [1.165, 1.54) is 25.7 Å². The molecule has 2 unspecified atom stereocenters. The summed E-state index contributed by atoms with van der Waals surface area (Å²) in [4.78, 5) is 0. The van der Waals surface area contributed by atoms with Crippen LogP contribution in [0.25, 0.3) is 0 Å². The van der Waals surface area contributed by atoms with Gasteiger partial charge in [0.15, 0.2) is 0 Å². The van der Waals surface area contributed by atoms with Gasteiger partial charge < -0.3 is 0 Å². The van der Waals surface area contributed by atoms with Gasteiger partial charge in [0, 0.05) is 0 Å². The molecule has 0 heteroatoms. The first-order valence-electron chi connectivity index (χ1n) is 4.08. The predicted octanol–water partition coefficient (Wildman–Crippen LogP) is 2.79. The SMILES string of the molecule is CC1CCCC2(C)C[C]12. The Bertz CT molecular complexity index is 128. The molecule has 0 saturated heterocycles. The molecular formula is C9H15. The van der Waals surface area contributed by atoms with Gasteiger partial charge in [-0.25, -0.2) is 0 Å². The van der Waals surface area contributed by atoms with Crippen molar-refractivity contribution >= 4 is 0 Å². The van der Waals surface area contributed by atoms with E-state index in [2.05, 4.69) is 13.8 Å². The summed E-state index contributed by atoms with van der Waals surface area (Å²) in [5, 5.41) is 0. The normalized spacial score (nSPS) is 50.7. The van der Waals surface area contributed by atoms with Crippen molar-refractivity contribution in [3.63, 3.8) is 0 Å². The molecule has 2 aliphatic rings. The third-order valence-electron chi connectivity index (χ3n) is 3.19. The van der Waals surface area contributed by atoms with E-state index in [9.17, 15) is 0 Å². The first kappa shape index (κ1) is 5.76. The molecular weight excluding hydrogens is 108 g/mol. The third kappa shape index (κ3) is 0.720. The molecule has 0 spiro atoms. The Labute approximate surface area is 57.6 Å². The van der Waals surface area contributed by atoms with Gasteiger partial charge in [-0.2, -0.15) is 0 Å². The zero-order valence-corrected chi connectivity index (χ0v) is 6.41. The Morgan fingerprint density at radius 1 is 1.56 bits per heavy atom. The van der Waals surface area contributed by atoms with Crippen LogP contribution in [-0.4, -0.2) is 0 Å². The van der Waals surface area contributed by atoms with E-state index in [4.69, 9.17) is 0 Å². The minimum atomic E-state index is 0.734. The van der Waals surface area contributed by atoms with Gasteiger partial charge in [0.05, 0.1) is 0 Å². The van der Waals surface area contributed by atoms with E-state index in [-0.39, 0.29) is 0 Å². The third-order valence-corrected chi connectivity index (χ3v) is 3.19. The average Bonchev–Trinajstić information content (AvgIpc) is 2.43. The van der Waals surface area contributed by atoms with Crippen LogP contribution in [0.2, 0.25) is 0 Å². The van der Waals surface area contributed by atoms with Gasteiger partial charge in [0.2, 0.25) is 0 Å². The molecule has 0 aromatic heterocycles. The Hall–Kier alpha value is 0. The summed E-state index contributed by atoms with van der Waals surface area (Å²) >= 11 is 0. The van der Waals surface area contributed by atoms with Gasteiger partial charge in [0.1, 0.15) is 0 Å². The van der Waals surface area contributed by atoms with Crippen LogP contribution in [0.1, 0.15) is 39.5 Å². The second-order valence-electron chi connectivity index (χ2n) is 4.06. The molecule has 2 rings (SSSR count). The van der Waals surface area contributed by atoms with E-state index < -0.39 is 0 Å². The highest BCUT2D eigenvalue weighted by atomic mass is 14.6. The van der Waals surface area contributed by atoms with Crippen LogP contribution in [0.4, 0.5) is 0 Å². The summed E-state index contributed by atoms with van der Waals surface area (Å²) in [5.41, 5.74) is 0.734. The zero-order chi connectivity index (χ0) is 6.48. The summed E-state index contributed by atoms with van der Waals surface area (Å²) in [6, 6.07) is 0. The van der Waals surface area contributed by atoms with Crippen LogP contribution in [0, 0.1) is 17.3 Å². The van der Waals surface area contributed by atoms with Crippen molar-refractivity contribution in [2.45, 2.75) is 39.5 Å². The quantitative estimate of drug-likeness (QED) is 0.464. The molecule has 51 valence electrons. The molecule has 1 radical (unpaired) electrons. The largest absolute Gasteiger partial charge is 0.0619 e. The van der Waals surface area contributed by atoms with Crippen molar-refractivity contribution in [1.29, 1.82) is 0 Å². The summed E-state index contributed by atoms with van der Waals surface area (Å²) in [7, 11) is 0. The van der Waals surface area contributed by atoms with E-state index in [1.807, 2.05) is 5.92 Å². The first-order valence-corrected chi connectivity index (χ1v) is 4.08. The molecule has 0 bridgehead atoms. The molecule has 0 nitrogen and oxygen atoms in total. The molecule has 2 fully saturated rings. The van der Waals surface area contributed by atoms with Gasteiger partial charge in [-0.3, -0.25) is 0 Å². The molecule has 2 atom stereocenters. The van der Waals surface area contributed by atoms with Crippen LogP contribution in [0.15, 0.2) is 0 Å². The molecule has 0 N–H and O–H groups in total. The highest BCUT2D eigenvalue weighted by Gasteiger charge is 2.54. The monoisotopic (exact) mass is 123 g/mol. The van der Waals surface area contributed by atoms with Crippen LogP contribution in [0.5, 0.6) is 0 Å². The van der Waals surface area contributed by atoms with Gasteiger partial charge in [-0.15, -0.1) is 0 Å². The molecule has 0 amide bonds. The predicted molar refractivity (Wildman–Crippen MR) is 39.0 cm³/mol. The Balaban J connectivity index is 2.07. The molecule has 2 aliphatic carbocycles. The molecule has 0 heterocycles. The number of hydrogen-bond donors (Lipinski definition) is 0. The summed E-state index contributed by atoms with van der Waals surface area (Å²) in [6.45, 7) is 4.82. The Morgan fingerprint density at radius 2 is 2.33 bits per heavy atom. The topological polar surface area (TPSA) is 0 Å². The lowest BCUT2D eigenvalue weighted by Crippen LogP contribution is -2.10. The highest BCUT2D eigenvalue weighted by Crippen LogP contribution is 2.64. The fourth-order valence-corrected chi connectivity index (χ4v) is 2.37. The summed E-state index contributed by atoms with van der Waals surface area (Å²) < 4.78 is 0.